The number of amides is 1. The average Bonchev–Trinajstić information content (AvgIpc) is 3.28. The topological polar surface area (TPSA) is 128 Å². The van der Waals surface area contributed by atoms with Crippen molar-refractivity contribution in [2.75, 3.05) is 11.1 Å². The number of carbonyl (C=O) groups excluding carboxylic acids is 1. The number of anilines is 1. The summed E-state index contributed by atoms with van der Waals surface area (Å²) in [6, 6.07) is 2.90. The SMILES string of the molecule is CCCc1cc(=O)[nH]c(-n2nc(C)cc2NC(=O)CC2CSc3ncc(C)c(=O)n32)n1. The predicted octanol–water partition coefficient (Wildman–Crippen LogP) is 1.76. The van der Waals surface area contributed by atoms with E-state index in [0.717, 1.165) is 6.42 Å². The monoisotopic (exact) mass is 441 g/mol. The molecule has 0 saturated heterocycles. The quantitative estimate of drug-likeness (QED) is 0.558. The highest BCUT2D eigenvalue weighted by Crippen LogP contribution is 2.32. The molecule has 31 heavy (non-hydrogen) atoms. The number of aromatic amines is 1. The van der Waals surface area contributed by atoms with Gasteiger partial charge in [-0.1, -0.05) is 25.1 Å². The summed E-state index contributed by atoms with van der Waals surface area (Å²) in [5, 5.41) is 7.85. The first-order valence-electron chi connectivity index (χ1n) is 10.0. The van der Waals surface area contributed by atoms with Gasteiger partial charge < -0.3 is 5.32 Å². The highest BCUT2D eigenvalue weighted by atomic mass is 32.2. The number of hydrogen-bond donors (Lipinski definition) is 2. The fourth-order valence-corrected chi connectivity index (χ4v) is 4.61. The minimum Gasteiger partial charge on any atom is -0.310 e. The van der Waals surface area contributed by atoms with Crippen LogP contribution in [-0.2, 0) is 11.2 Å². The lowest BCUT2D eigenvalue weighted by atomic mass is 10.2. The van der Waals surface area contributed by atoms with Crippen LogP contribution in [0.2, 0.25) is 0 Å². The molecule has 0 spiro atoms. The smallest absolute Gasteiger partial charge is 0.257 e. The van der Waals surface area contributed by atoms with E-state index in [-0.39, 0.29) is 35.4 Å². The average molecular weight is 442 g/mol. The summed E-state index contributed by atoms with van der Waals surface area (Å²) < 4.78 is 3.01. The van der Waals surface area contributed by atoms with Crippen molar-refractivity contribution >= 4 is 23.5 Å². The lowest BCUT2D eigenvalue weighted by Crippen LogP contribution is -2.29. The second kappa shape index (κ2) is 8.50. The molecule has 0 bridgehead atoms. The number of fused-ring (bicyclic) bond motifs is 1. The zero-order valence-electron chi connectivity index (χ0n) is 17.5. The second-order valence-corrected chi connectivity index (χ2v) is 8.50. The Morgan fingerprint density at radius 2 is 2.13 bits per heavy atom. The van der Waals surface area contributed by atoms with E-state index in [4.69, 9.17) is 0 Å². The molecular weight excluding hydrogens is 418 g/mol. The van der Waals surface area contributed by atoms with Gasteiger partial charge in [0.25, 0.3) is 11.1 Å². The van der Waals surface area contributed by atoms with Crippen molar-refractivity contribution in [3.63, 3.8) is 0 Å². The Hall–Kier alpha value is -3.21. The molecule has 0 fully saturated rings. The van der Waals surface area contributed by atoms with E-state index in [1.165, 1.54) is 22.5 Å². The van der Waals surface area contributed by atoms with Crippen molar-refractivity contribution in [2.45, 2.75) is 51.2 Å². The molecule has 0 saturated carbocycles. The van der Waals surface area contributed by atoms with E-state index in [0.29, 0.717) is 40.1 Å². The van der Waals surface area contributed by atoms with Gasteiger partial charge in [0.05, 0.1) is 11.7 Å². The molecule has 0 aromatic carbocycles. The second-order valence-electron chi connectivity index (χ2n) is 7.51. The molecule has 1 aliphatic rings. The maximum absolute atomic E-state index is 12.8. The van der Waals surface area contributed by atoms with Gasteiger partial charge in [0, 0.05) is 41.8 Å². The third kappa shape index (κ3) is 4.31. The third-order valence-electron chi connectivity index (χ3n) is 4.91. The molecule has 1 unspecified atom stereocenters. The van der Waals surface area contributed by atoms with E-state index >= 15 is 0 Å². The number of carbonyl (C=O) groups is 1. The summed E-state index contributed by atoms with van der Waals surface area (Å²) in [4.78, 5) is 48.8. The largest absolute Gasteiger partial charge is 0.310 e. The summed E-state index contributed by atoms with van der Waals surface area (Å²) >= 11 is 1.46. The normalized spacial score (nSPS) is 15.1. The zero-order valence-corrected chi connectivity index (χ0v) is 18.3. The van der Waals surface area contributed by atoms with Crippen LogP contribution in [0.4, 0.5) is 5.82 Å². The molecular formula is C20H23N7O3S. The van der Waals surface area contributed by atoms with Crippen molar-refractivity contribution in [2.24, 2.45) is 0 Å². The Kier molecular flexibility index (Phi) is 5.77. The highest BCUT2D eigenvalue weighted by molar-refractivity contribution is 7.99. The molecule has 162 valence electrons. The highest BCUT2D eigenvalue weighted by Gasteiger charge is 2.28. The molecule has 1 atom stereocenters. The fraction of sp³-hybridized carbons (Fsp3) is 0.400. The van der Waals surface area contributed by atoms with Gasteiger partial charge in [-0.3, -0.25) is 23.9 Å². The maximum atomic E-state index is 12.8. The molecule has 3 aromatic heterocycles. The van der Waals surface area contributed by atoms with E-state index in [1.807, 2.05) is 6.92 Å². The Morgan fingerprint density at radius 1 is 1.32 bits per heavy atom. The van der Waals surface area contributed by atoms with Gasteiger partial charge in [-0.15, -0.1) is 0 Å². The van der Waals surface area contributed by atoms with Gasteiger partial charge >= 0.3 is 0 Å². The van der Waals surface area contributed by atoms with Crippen molar-refractivity contribution in [1.29, 1.82) is 0 Å². The van der Waals surface area contributed by atoms with Gasteiger partial charge in [-0.05, 0) is 20.3 Å². The fourth-order valence-electron chi connectivity index (χ4n) is 3.51. The number of nitrogens with zero attached hydrogens (tertiary/aromatic N) is 5. The van der Waals surface area contributed by atoms with Crippen LogP contribution in [0.5, 0.6) is 0 Å². The van der Waals surface area contributed by atoms with Gasteiger partial charge in [-0.25, -0.2) is 9.97 Å². The Bertz CT molecular complexity index is 1260. The van der Waals surface area contributed by atoms with Crippen LogP contribution in [-0.4, -0.2) is 41.0 Å². The van der Waals surface area contributed by atoms with Crippen LogP contribution < -0.4 is 16.4 Å². The van der Waals surface area contributed by atoms with Crippen LogP contribution in [0.3, 0.4) is 0 Å². The maximum Gasteiger partial charge on any atom is 0.257 e. The molecule has 1 aliphatic heterocycles. The summed E-state index contributed by atoms with van der Waals surface area (Å²) in [5.41, 5.74) is 1.47. The van der Waals surface area contributed by atoms with Gasteiger partial charge in [0.1, 0.15) is 5.82 Å². The van der Waals surface area contributed by atoms with Crippen LogP contribution in [0.25, 0.3) is 5.95 Å². The first-order chi connectivity index (χ1) is 14.9. The summed E-state index contributed by atoms with van der Waals surface area (Å²) in [6.45, 7) is 5.51. The van der Waals surface area contributed by atoms with E-state index < -0.39 is 0 Å². The molecule has 11 heteroatoms. The number of nitrogens with one attached hydrogen (secondary N) is 2. The third-order valence-corrected chi connectivity index (χ3v) is 6.02. The Balaban J connectivity index is 1.57. The molecule has 4 rings (SSSR count). The number of hydrogen-bond acceptors (Lipinski definition) is 7. The first kappa shape index (κ1) is 21.0. The number of aromatic nitrogens is 6. The van der Waals surface area contributed by atoms with Crippen LogP contribution >= 0.6 is 11.8 Å². The van der Waals surface area contributed by atoms with E-state index in [2.05, 4.69) is 25.4 Å². The van der Waals surface area contributed by atoms with Gasteiger partial charge in [0.15, 0.2) is 5.16 Å². The lowest BCUT2D eigenvalue weighted by molar-refractivity contribution is -0.116. The minimum absolute atomic E-state index is 0.120. The molecule has 0 radical (unpaired) electrons. The van der Waals surface area contributed by atoms with Crippen molar-refractivity contribution in [3.05, 3.63) is 56.0 Å². The number of rotatable bonds is 6. The Morgan fingerprint density at radius 3 is 2.90 bits per heavy atom. The summed E-state index contributed by atoms with van der Waals surface area (Å²) in [5.74, 6) is 0.989. The lowest BCUT2D eigenvalue weighted by Gasteiger charge is -2.14. The van der Waals surface area contributed by atoms with E-state index in [1.54, 1.807) is 30.7 Å². The number of thioether (sulfide) groups is 1. The number of aryl methyl sites for hydroxylation is 3. The number of H-pyrrole nitrogens is 1. The molecule has 1 amide bonds. The summed E-state index contributed by atoms with van der Waals surface area (Å²) in [6.07, 6.45) is 3.20. The van der Waals surface area contributed by atoms with Crippen molar-refractivity contribution < 1.29 is 4.79 Å². The zero-order chi connectivity index (χ0) is 22.1. The first-order valence-corrected chi connectivity index (χ1v) is 11.0. The van der Waals surface area contributed by atoms with Crippen LogP contribution in [0.15, 0.2) is 33.1 Å². The molecule has 2 N–H and O–H groups in total. The molecule has 4 heterocycles. The van der Waals surface area contributed by atoms with Crippen LogP contribution in [0, 0.1) is 13.8 Å². The van der Waals surface area contributed by atoms with Gasteiger partial charge in [-0.2, -0.15) is 9.78 Å². The van der Waals surface area contributed by atoms with Crippen molar-refractivity contribution in [3.8, 4) is 5.95 Å². The standard InChI is InChI=1S/C20H23N7O3S/c1-4-5-13-7-16(28)24-19(22-13)27-15(6-12(3)25-27)23-17(29)8-14-10-31-20-21-9-11(2)18(30)26(14)20/h6-7,9,14H,4-5,8,10H2,1-3H3,(H,23,29)(H,22,24,28). The molecule has 10 nitrogen and oxygen atoms in total. The van der Waals surface area contributed by atoms with E-state index in [9.17, 15) is 14.4 Å². The van der Waals surface area contributed by atoms with Crippen molar-refractivity contribution in [1.82, 2.24) is 29.3 Å². The summed E-state index contributed by atoms with van der Waals surface area (Å²) in [7, 11) is 0. The minimum atomic E-state index is -0.277. The Labute approximate surface area is 182 Å². The molecule has 0 aliphatic carbocycles. The van der Waals surface area contributed by atoms with Gasteiger partial charge in [0.2, 0.25) is 11.9 Å². The predicted molar refractivity (Wildman–Crippen MR) is 117 cm³/mol. The van der Waals surface area contributed by atoms with Crippen LogP contribution in [0.1, 0.15) is 42.8 Å². The molecule has 3 aromatic rings.